The molecule has 0 aliphatic carbocycles. The molecule has 0 bridgehead atoms. The molecule has 19 heavy (non-hydrogen) atoms. The van der Waals surface area contributed by atoms with Crippen molar-refractivity contribution in [3.05, 3.63) is 36.9 Å². The standard InChI is InChI=1S/C13H11N5O/c1-19-10-7-16-6-9-11(10)12(14)18-13(17-9)8-2-4-15-5-3-8/h2-7H,1H3,(H2,14,17,18). The molecule has 3 aromatic rings. The van der Waals surface area contributed by atoms with Crippen molar-refractivity contribution in [3.8, 4) is 17.1 Å². The SMILES string of the molecule is COc1cncc2nc(-c3ccncc3)nc(N)c12. The zero-order valence-electron chi connectivity index (χ0n) is 10.2. The highest BCUT2D eigenvalue weighted by atomic mass is 16.5. The normalized spacial score (nSPS) is 10.6. The highest BCUT2D eigenvalue weighted by Gasteiger charge is 2.11. The maximum atomic E-state index is 6.00. The number of nitrogen functional groups attached to an aromatic ring is 1. The summed E-state index contributed by atoms with van der Waals surface area (Å²) in [6.45, 7) is 0. The molecule has 0 spiro atoms. The van der Waals surface area contributed by atoms with Crippen LogP contribution in [-0.4, -0.2) is 27.0 Å². The van der Waals surface area contributed by atoms with E-state index < -0.39 is 0 Å². The lowest BCUT2D eigenvalue weighted by Crippen LogP contribution is -2.00. The molecule has 0 radical (unpaired) electrons. The maximum absolute atomic E-state index is 6.00. The number of methoxy groups -OCH3 is 1. The van der Waals surface area contributed by atoms with E-state index in [4.69, 9.17) is 10.5 Å². The Morgan fingerprint density at radius 1 is 1.05 bits per heavy atom. The van der Waals surface area contributed by atoms with Gasteiger partial charge >= 0.3 is 0 Å². The number of pyridine rings is 2. The number of hydrogen-bond donors (Lipinski definition) is 1. The quantitative estimate of drug-likeness (QED) is 0.747. The van der Waals surface area contributed by atoms with Gasteiger partial charge in [-0.05, 0) is 12.1 Å². The third kappa shape index (κ3) is 1.93. The lowest BCUT2D eigenvalue weighted by Gasteiger charge is -2.08. The van der Waals surface area contributed by atoms with E-state index >= 15 is 0 Å². The average Bonchev–Trinajstić information content (AvgIpc) is 2.47. The average molecular weight is 253 g/mol. The second-order valence-corrected chi connectivity index (χ2v) is 3.90. The molecule has 6 nitrogen and oxygen atoms in total. The Morgan fingerprint density at radius 2 is 1.84 bits per heavy atom. The first-order chi connectivity index (χ1) is 9.29. The summed E-state index contributed by atoms with van der Waals surface area (Å²) in [4.78, 5) is 16.8. The van der Waals surface area contributed by atoms with Crippen LogP contribution in [0.3, 0.4) is 0 Å². The highest BCUT2D eigenvalue weighted by molar-refractivity contribution is 5.94. The molecule has 0 unspecified atom stereocenters. The zero-order chi connectivity index (χ0) is 13.2. The Kier molecular flexibility index (Phi) is 2.68. The maximum Gasteiger partial charge on any atom is 0.162 e. The van der Waals surface area contributed by atoms with Gasteiger partial charge in [0, 0.05) is 18.0 Å². The first kappa shape index (κ1) is 11.3. The molecule has 0 amide bonds. The van der Waals surface area contributed by atoms with E-state index in [0.29, 0.717) is 28.3 Å². The molecule has 94 valence electrons. The Hall–Kier alpha value is -2.76. The molecule has 0 fully saturated rings. The van der Waals surface area contributed by atoms with Crippen molar-refractivity contribution in [3.63, 3.8) is 0 Å². The van der Waals surface area contributed by atoms with Gasteiger partial charge in [0.2, 0.25) is 0 Å². The van der Waals surface area contributed by atoms with Crippen LogP contribution in [0.15, 0.2) is 36.9 Å². The number of hydrogen-bond acceptors (Lipinski definition) is 6. The van der Waals surface area contributed by atoms with E-state index in [1.807, 2.05) is 12.1 Å². The Balaban J connectivity index is 2.26. The second-order valence-electron chi connectivity index (χ2n) is 3.90. The Labute approximate surface area is 109 Å². The molecular formula is C13H11N5O. The van der Waals surface area contributed by atoms with Gasteiger partial charge in [0.05, 0.1) is 30.4 Å². The van der Waals surface area contributed by atoms with Crippen LogP contribution < -0.4 is 10.5 Å². The predicted molar refractivity (Wildman–Crippen MR) is 71.5 cm³/mol. The molecule has 0 aromatic carbocycles. The summed E-state index contributed by atoms with van der Waals surface area (Å²) in [6, 6.07) is 3.66. The Morgan fingerprint density at radius 3 is 2.58 bits per heavy atom. The van der Waals surface area contributed by atoms with Gasteiger partial charge in [0.25, 0.3) is 0 Å². The van der Waals surface area contributed by atoms with Crippen LogP contribution in [0, 0.1) is 0 Å². The summed E-state index contributed by atoms with van der Waals surface area (Å²) in [7, 11) is 1.56. The zero-order valence-corrected chi connectivity index (χ0v) is 10.2. The number of anilines is 1. The van der Waals surface area contributed by atoms with Crippen LogP contribution >= 0.6 is 0 Å². The van der Waals surface area contributed by atoms with Gasteiger partial charge in [-0.2, -0.15) is 0 Å². The Bertz CT molecular complexity index is 730. The van der Waals surface area contributed by atoms with Crippen molar-refractivity contribution >= 4 is 16.7 Å². The molecule has 0 aliphatic heterocycles. The summed E-state index contributed by atoms with van der Waals surface area (Å²) in [5, 5.41) is 0.676. The summed E-state index contributed by atoms with van der Waals surface area (Å²) in [6.07, 6.45) is 6.60. The third-order valence-corrected chi connectivity index (χ3v) is 2.76. The van der Waals surface area contributed by atoms with Gasteiger partial charge in [-0.15, -0.1) is 0 Å². The fourth-order valence-corrected chi connectivity index (χ4v) is 1.87. The monoisotopic (exact) mass is 253 g/mol. The van der Waals surface area contributed by atoms with E-state index in [1.165, 1.54) is 0 Å². The topological polar surface area (TPSA) is 86.8 Å². The van der Waals surface area contributed by atoms with Crippen LogP contribution in [0.1, 0.15) is 0 Å². The summed E-state index contributed by atoms with van der Waals surface area (Å²) in [5.41, 5.74) is 7.50. The molecule has 6 heteroatoms. The third-order valence-electron chi connectivity index (χ3n) is 2.76. The molecule has 3 heterocycles. The van der Waals surface area contributed by atoms with E-state index in [-0.39, 0.29) is 0 Å². The van der Waals surface area contributed by atoms with E-state index in [1.54, 1.807) is 31.9 Å². The number of rotatable bonds is 2. The van der Waals surface area contributed by atoms with Gasteiger partial charge < -0.3 is 10.5 Å². The molecule has 0 aliphatic rings. The van der Waals surface area contributed by atoms with Gasteiger partial charge in [-0.1, -0.05) is 0 Å². The van der Waals surface area contributed by atoms with Crippen molar-refractivity contribution in [1.82, 2.24) is 19.9 Å². The van der Waals surface area contributed by atoms with E-state index in [9.17, 15) is 0 Å². The van der Waals surface area contributed by atoms with Crippen LogP contribution in [0.4, 0.5) is 5.82 Å². The smallest absolute Gasteiger partial charge is 0.162 e. The van der Waals surface area contributed by atoms with Gasteiger partial charge in [0.1, 0.15) is 11.6 Å². The molecule has 3 aromatic heterocycles. The van der Waals surface area contributed by atoms with Crippen molar-refractivity contribution in [1.29, 1.82) is 0 Å². The minimum atomic E-state index is 0.371. The van der Waals surface area contributed by atoms with Gasteiger partial charge in [-0.3, -0.25) is 9.97 Å². The van der Waals surface area contributed by atoms with E-state index in [0.717, 1.165) is 5.56 Å². The largest absolute Gasteiger partial charge is 0.494 e. The van der Waals surface area contributed by atoms with Crippen LogP contribution in [0.2, 0.25) is 0 Å². The molecule has 3 rings (SSSR count). The molecule has 0 saturated heterocycles. The molecule has 0 saturated carbocycles. The fraction of sp³-hybridized carbons (Fsp3) is 0.0769. The van der Waals surface area contributed by atoms with Gasteiger partial charge in [0.15, 0.2) is 5.82 Å². The first-order valence-electron chi connectivity index (χ1n) is 5.65. The lowest BCUT2D eigenvalue weighted by atomic mass is 10.2. The van der Waals surface area contributed by atoms with Crippen molar-refractivity contribution in [2.45, 2.75) is 0 Å². The van der Waals surface area contributed by atoms with Crippen molar-refractivity contribution < 1.29 is 4.74 Å². The van der Waals surface area contributed by atoms with Gasteiger partial charge in [-0.25, -0.2) is 9.97 Å². The van der Waals surface area contributed by atoms with Crippen molar-refractivity contribution in [2.24, 2.45) is 0 Å². The summed E-state index contributed by atoms with van der Waals surface area (Å²) in [5.74, 6) is 1.48. The van der Waals surface area contributed by atoms with Crippen LogP contribution in [0.25, 0.3) is 22.3 Å². The number of nitrogens with zero attached hydrogens (tertiary/aromatic N) is 4. The highest BCUT2D eigenvalue weighted by Crippen LogP contribution is 2.29. The minimum absolute atomic E-state index is 0.371. The molecule has 0 atom stereocenters. The lowest BCUT2D eigenvalue weighted by molar-refractivity contribution is 0.418. The van der Waals surface area contributed by atoms with Crippen LogP contribution in [0.5, 0.6) is 5.75 Å². The molecule has 2 N–H and O–H groups in total. The number of ether oxygens (including phenoxy) is 1. The number of nitrogens with two attached hydrogens (primary N) is 1. The number of fused-ring (bicyclic) bond motifs is 1. The first-order valence-corrected chi connectivity index (χ1v) is 5.65. The predicted octanol–water partition coefficient (Wildman–Crippen LogP) is 1.68. The second kappa shape index (κ2) is 4.49. The molecular weight excluding hydrogens is 242 g/mol. The summed E-state index contributed by atoms with van der Waals surface area (Å²) < 4.78 is 5.22. The number of aromatic nitrogens is 4. The van der Waals surface area contributed by atoms with Crippen molar-refractivity contribution in [2.75, 3.05) is 12.8 Å². The van der Waals surface area contributed by atoms with Crippen LogP contribution in [-0.2, 0) is 0 Å². The minimum Gasteiger partial charge on any atom is -0.494 e. The van der Waals surface area contributed by atoms with E-state index in [2.05, 4.69) is 19.9 Å². The summed E-state index contributed by atoms with van der Waals surface area (Å²) >= 11 is 0. The fourth-order valence-electron chi connectivity index (χ4n) is 1.87.